The van der Waals surface area contributed by atoms with Crippen LogP contribution in [0.4, 0.5) is 5.69 Å². The van der Waals surface area contributed by atoms with E-state index in [1.165, 1.54) is 0 Å². The maximum atomic E-state index is 13.1. The molecule has 0 saturated carbocycles. The van der Waals surface area contributed by atoms with Gasteiger partial charge in [-0.25, -0.2) is 8.42 Å². The van der Waals surface area contributed by atoms with Crippen LogP contribution in [0, 0.1) is 0 Å². The SMILES string of the molecule is O=C1Nc2ccccc2CCC1S(=O)(=O)c1ccc2ccccc2c1. The van der Waals surface area contributed by atoms with Gasteiger partial charge in [-0.15, -0.1) is 0 Å². The molecule has 126 valence electrons. The molecule has 4 rings (SSSR count). The normalized spacial score (nSPS) is 17.6. The van der Waals surface area contributed by atoms with Gasteiger partial charge in [-0.1, -0.05) is 48.5 Å². The number of aryl methyl sites for hydroxylation is 1. The van der Waals surface area contributed by atoms with E-state index in [4.69, 9.17) is 0 Å². The van der Waals surface area contributed by atoms with Crippen molar-refractivity contribution in [2.75, 3.05) is 5.32 Å². The number of anilines is 1. The molecule has 1 N–H and O–H groups in total. The molecule has 1 aliphatic heterocycles. The summed E-state index contributed by atoms with van der Waals surface area (Å²) >= 11 is 0. The summed E-state index contributed by atoms with van der Waals surface area (Å²) in [5.74, 6) is -0.460. The summed E-state index contributed by atoms with van der Waals surface area (Å²) in [5.41, 5.74) is 1.66. The fourth-order valence-electron chi connectivity index (χ4n) is 3.30. The van der Waals surface area contributed by atoms with E-state index in [2.05, 4.69) is 5.32 Å². The molecule has 0 saturated heterocycles. The Labute approximate surface area is 146 Å². The number of carbonyl (C=O) groups is 1. The monoisotopic (exact) mass is 351 g/mol. The van der Waals surface area contributed by atoms with E-state index in [1.54, 1.807) is 24.3 Å². The van der Waals surface area contributed by atoms with Crippen LogP contribution in [0.25, 0.3) is 10.8 Å². The van der Waals surface area contributed by atoms with Crippen LogP contribution in [0.3, 0.4) is 0 Å². The highest BCUT2D eigenvalue weighted by molar-refractivity contribution is 7.92. The first-order chi connectivity index (χ1) is 12.1. The molecule has 0 spiro atoms. The summed E-state index contributed by atoms with van der Waals surface area (Å²) < 4.78 is 26.2. The molecule has 1 aliphatic rings. The number of hydrogen-bond acceptors (Lipinski definition) is 3. The third-order valence-electron chi connectivity index (χ3n) is 4.67. The van der Waals surface area contributed by atoms with E-state index in [-0.39, 0.29) is 11.3 Å². The van der Waals surface area contributed by atoms with Gasteiger partial charge >= 0.3 is 0 Å². The van der Waals surface area contributed by atoms with Crippen LogP contribution in [0.5, 0.6) is 0 Å². The zero-order valence-corrected chi connectivity index (χ0v) is 14.3. The fraction of sp³-hybridized carbons (Fsp3) is 0.150. The standard InChI is InChI=1S/C20H17NO3S/c22-20-19(12-10-15-6-3-4-8-18(15)21-20)25(23,24)17-11-9-14-5-1-2-7-16(14)13-17/h1-9,11,13,19H,10,12H2,(H,21,22). The number of amides is 1. The van der Waals surface area contributed by atoms with Crippen molar-refractivity contribution in [1.82, 2.24) is 0 Å². The molecular weight excluding hydrogens is 334 g/mol. The molecule has 0 radical (unpaired) electrons. The second-order valence-corrected chi connectivity index (χ2v) is 8.36. The molecule has 5 heteroatoms. The number of nitrogens with one attached hydrogen (secondary N) is 1. The molecule has 1 atom stereocenters. The Bertz CT molecular complexity index is 1070. The fourth-order valence-corrected chi connectivity index (χ4v) is 4.94. The van der Waals surface area contributed by atoms with Crippen molar-refractivity contribution < 1.29 is 13.2 Å². The summed E-state index contributed by atoms with van der Waals surface area (Å²) in [6.07, 6.45) is 0.824. The molecule has 4 nitrogen and oxygen atoms in total. The molecule has 0 bridgehead atoms. The van der Waals surface area contributed by atoms with E-state index in [1.807, 2.05) is 42.5 Å². The Balaban J connectivity index is 1.73. The Hall–Kier alpha value is -2.66. The Morgan fingerprint density at radius 3 is 2.44 bits per heavy atom. The largest absolute Gasteiger partial charge is 0.325 e. The van der Waals surface area contributed by atoms with E-state index in [0.29, 0.717) is 12.1 Å². The van der Waals surface area contributed by atoms with Gasteiger partial charge in [0.1, 0.15) is 5.25 Å². The number of para-hydroxylation sites is 1. The smallest absolute Gasteiger partial charge is 0.243 e. The van der Waals surface area contributed by atoms with Crippen molar-refractivity contribution in [2.24, 2.45) is 0 Å². The Morgan fingerprint density at radius 2 is 1.60 bits per heavy atom. The summed E-state index contributed by atoms with van der Waals surface area (Å²) in [4.78, 5) is 12.8. The highest BCUT2D eigenvalue weighted by Gasteiger charge is 2.35. The number of sulfone groups is 1. The molecule has 25 heavy (non-hydrogen) atoms. The molecule has 0 fully saturated rings. The first kappa shape index (κ1) is 15.8. The molecule has 1 heterocycles. The quantitative estimate of drug-likeness (QED) is 0.768. The van der Waals surface area contributed by atoms with Crippen molar-refractivity contribution >= 4 is 32.2 Å². The van der Waals surface area contributed by atoms with E-state index >= 15 is 0 Å². The van der Waals surface area contributed by atoms with Gasteiger partial charge in [-0.3, -0.25) is 4.79 Å². The molecule has 1 unspecified atom stereocenters. The van der Waals surface area contributed by atoms with Gasteiger partial charge in [0.2, 0.25) is 5.91 Å². The number of rotatable bonds is 2. The topological polar surface area (TPSA) is 63.2 Å². The third-order valence-corrected chi connectivity index (χ3v) is 6.78. The molecule has 0 aliphatic carbocycles. The van der Waals surface area contributed by atoms with Gasteiger partial charge in [0.05, 0.1) is 4.90 Å². The zero-order chi connectivity index (χ0) is 17.4. The van der Waals surface area contributed by atoms with Crippen molar-refractivity contribution in [3.8, 4) is 0 Å². The second-order valence-electron chi connectivity index (χ2n) is 6.23. The molecule has 0 aromatic heterocycles. The van der Waals surface area contributed by atoms with Gasteiger partial charge in [-0.05, 0) is 47.4 Å². The van der Waals surface area contributed by atoms with Crippen LogP contribution >= 0.6 is 0 Å². The summed E-state index contributed by atoms with van der Waals surface area (Å²) in [5, 5.41) is 3.50. The van der Waals surface area contributed by atoms with Gasteiger partial charge in [0, 0.05) is 5.69 Å². The minimum atomic E-state index is -3.76. The summed E-state index contributed by atoms with van der Waals surface area (Å²) in [7, 11) is -3.76. The lowest BCUT2D eigenvalue weighted by molar-refractivity contribution is -0.115. The van der Waals surface area contributed by atoms with E-state index in [0.717, 1.165) is 16.3 Å². The van der Waals surface area contributed by atoms with Crippen molar-refractivity contribution in [1.29, 1.82) is 0 Å². The van der Waals surface area contributed by atoms with Crippen molar-refractivity contribution in [3.05, 3.63) is 72.3 Å². The van der Waals surface area contributed by atoms with Crippen LogP contribution in [0.1, 0.15) is 12.0 Å². The molecule has 3 aromatic rings. The first-order valence-electron chi connectivity index (χ1n) is 8.17. The van der Waals surface area contributed by atoms with Crippen LogP contribution in [0.2, 0.25) is 0 Å². The number of fused-ring (bicyclic) bond motifs is 2. The van der Waals surface area contributed by atoms with Crippen LogP contribution in [-0.2, 0) is 21.1 Å². The number of carbonyl (C=O) groups excluding carboxylic acids is 1. The summed E-state index contributed by atoms with van der Waals surface area (Å²) in [6.45, 7) is 0. The minimum Gasteiger partial charge on any atom is -0.325 e. The average Bonchev–Trinajstić information content (AvgIpc) is 2.79. The maximum absolute atomic E-state index is 13.1. The number of benzene rings is 3. The van der Waals surface area contributed by atoms with Crippen LogP contribution in [-0.4, -0.2) is 19.6 Å². The highest BCUT2D eigenvalue weighted by atomic mass is 32.2. The van der Waals surface area contributed by atoms with Gasteiger partial charge in [0.25, 0.3) is 0 Å². The van der Waals surface area contributed by atoms with Crippen molar-refractivity contribution in [3.63, 3.8) is 0 Å². The van der Waals surface area contributed by atoms with Gasteiger partial charge in [0.15, 0.2) is 9.84 Å². The predicted molar refractivity (Wildman–Crippen MR) is 98.3 cm³/mol. The lowest BCUT2D eigenvalue weighted by Gasteiger charge is -2.15. The zero-order valence-electron chi connectivity index (χ0n) is 13.5. The Kier molecular flexibility index (Phi) is 3.81. The molecule has 1 amide bonds. The van der Waals surface area contributed by atoms with Gasteiger partial charge < -0.3 is 5.32 Å². The summed E-state index contributed by atoms with van der Waals surface area (Å²) in [6, 6.07) is 20.0. The second kappa shape index (κ2) is 6.01. The van der Waals surface area contributed by atoms with E-state index < -0.39 is 21.0 Å². The lowest BCUT2D eigenvalue weighted by atomic mass is 10.1. The lowest BCUT2D eigenvalue weighted by Crippen LogP contribution is -2.34. The molecule has 3 aromatic carbocycles. The molecular formula is C20H17NO3S. The van der Waals surface area contributed by atoms with Gasteiger partial charge in [-0.2, -0.15) is 0 Å². The third kappa shape index (κ3) is 2.81. The highest BCUT2D eigenvalue weighted by Crippen LogP contribution is 2.29. The van der Waals surface area contributed by atoms with E-state index in [9.17, 15) is 13.2 Å². The average molecular weight is 351 g/mol. The maximum Gasteiger partial charge on any atom is 0.243 e. The van der Waals surface area contributed by atoms with Crippen molar-refractivity contribution in [2.45, 2.75) is 23.0 Å². The predicted octanol–water partition coefficient (Wildman–Crippen LogP) is 3.57. The van der Waals surface area contributed by atoms with Crippen LogP contribution < -0.4 is 5.32 Å². The number of hydrogen-bond donors (Lipinski definition) is 1. The van der Waals surface area contributed by atoms with Crippen LogP contribution in [0.15, 0.2) is 71.6 Å². The minimum absolute atomic E-state index is 0.192. The first-order valence-corrected chi connectivity index (χ1v) is 9.72. The Morgan fingerprint density at radius 1 is 0.880 bits per heavy atom.